The number of nitrogens with zero attached hydrogens (tertiary/aromatic N) is 1. The van der Waals surface area contributed by atoms with E-state index in [1.54, 1.807) is 24.3 Å². The fourth-order valence-electron chi connectivity index (χ4n) is 3.14. The number of ether oxygens (including phenoxy) is 1. The Labute approximate surface area is 154 Å². The van der Waals surface area contributed by atoms with Gasteiger partial charge in [0.1, 0.15) is 6.04 Å². The predicted octanol–water partition coefficient (Wildman–Crippen LogP) is 2.99. The zero-order valence-corrected chi connectivity index (χ0v) is 15.0. The van der Waals surface area contributed by atoms with Crippen LogP contribution in [0.4, 0.5) is 13.2 Å². The molecule has 0 fully saturated rings. The molecule has 2 aromatic carbocycles. The molecule has 0 bridgehead atoms. The predicted molar refractivity (Wildman–Crippen MR) is 90.1 cm³/mol. The van der Waals surface area contributed by atoms with Gasteiger partial charge in [-0.2, -0.15) is 17.5 Å². The van der Waals surface area contributed by atoms with Crippen LogP contribution in [0.15, 0.2) is 53.4 Å². The molecular weight excluding hydrogens is 383 g/mol. The lowest BCUT2D eigenvalue weighted by molar-refractivity contribution is -0.145. The third kappa shape index (κ3) is 3.57. The summed E-state index contributed by atoms with van der Waals surface area (Å²) in [5.74, 6) is -0.822. The lowest BCUT2D eigenvalue weighted by Gasteiger charge is -2.34. The lowest BCUT2D eigenvalue weighted by atomic mass is 9.96. The van der Waals surface area contributed by atoms with Crippen LogP contribution in [0.25, 0.3) is 0 Å². The second-order valence-electron chi connectivity index (χ2n) is 6.06. The van der Waals surface area contributed by atoms with Crippen LogP contribution in [0.2, 0.25) is 0 Å². The van der Waals surface area contributed by atoms with Crippen molar-refractivity contribution in [2.24, 2.45) is 0 Å². The van der Waals surface area contributed by atoms with E-state index >= 15 is 0 Å². The van der Waals surface area contributed by atoms with Gasteiger partial charge in [-0.25, -0.2) is 8.42 Å². The van der Waals surface area contributed by atoms with Crippen molar-refractivity contribution in [2.45, 2.75) is 30.1 Å². The number of carbonyl (C=O) groups is 1. The van der Waals surface area contributed by atoms with Crippen LogP contribution in [0.3, 0.4) is 0 Å². The fraction of sp³-hybridized carbons (Fsp3) is 0.278. The summed E-state index contributed by atoms with van der Waals surface area (Å²) in [6.07, 6.45) is -4.83. The molecule has 1 aliphatic heterocycles. The molecule has 0 N–H and O–H groups in total. The molecule has 1 aliphatic rings. The number of hydrogen-bond acceptors (Lipinski definition) is 4. The van der Waals surface area contributed by atoms with Gasteiger partial charge in [-0.05, 0) is 23.3 Å². The van der Waals surface area contributed by atoms with Gasteiger partial charge in [0, 0.05) is 13.0 Å². The summed E-state index contributed by atoms with van der Waals surface area (Å²) >= 11 is 0. The highest BCUT2D eigenvalue weighted by Crippen LogP contribution is 2.37. The highest BCUT2D eigenvalue weighted by Gasteiger charge is 2.44. The topological polar surface area (TPSA) is 63.7 Å². The highest BCUT2D eigenvalue weighted by molar-refractivity contribution is 7.89. The summed E-state index contributed by atoms with van der Waals surface area (Å²) in [4.78, 5) is 11.3. The Balaban J connectivity index is 2.14. The van der Waals surface area contributed by atoms with Crippen molar-refractivity contribution in [3.05, 3.63) is 65.2 Å². The summed E-state index contributed by atoms with van der Waals surface area (Å²) < 4.78 is 71.7. The Hall–Kier alpha value is -2.39. The van der Waals surface area contributed by atoms with E-state index in [-0.39, 0.29) is 13.0 Å². The fourth-order valence-corrected chi connectivity index (χ4v) is 4.91. The van der Waals surface area contributed by atoms with Gasteiger partial charge in [0.2, 0.25) is 10.0 Å². The Kier molecular flexibility index (Phi) is 5.00. The standard InChI is InChI=1S/C18H16F3NO4S/c1-26-17(23)15-10-12-6-2-3-7-13(12)11-22(15)27(24,25)16-9-5-4-8-14(16)18(19,20)21/h2-9,15H,10-11H2,1H3/t15-/m1/s1. The Morgan fingerprint density at radius 2 is 1.67 bits per heavy atom. The highest BCUT2D eigenvalue weighted by atomic mass is 32.2. The molecule has 0 radical (unpaired) electrons. The Morgan fingerprint density at radius 3 is 2.30 bits per heavy atom. The molecule has 5 nitrogen and oxygen atoms in total. The maximum atomic E-state index is 13.3. The van der Waals surface area contributed by atoms with Crippen molar-refractivity contribution in [3.8, 4) is 0 Å². The summed E-state index contributed by atoms with van der Waals surface area (Å²) in [6.45, 7) is -0.218. The first kappa shape index (κ1) is 19.4. The van der Waals surface area contributed by atoms with Crippen LogP contribution in [-0.4, -0.2) is 31.8 Å². The van der Waals surface area contributed by atoms with Crippen molar-refractivity contribution in [1.82, 2.24) is 4.31 Å². The second kappa shape index (κ2) is 6.97. The number of methoxy groups -OCH3 is 1. The van der Waals surface area contributed by atoms with Gasteiger partial charge < -0.3 is 4.74 Å². The van der Waals surface area contributed by atoms with Crippen molar-refractivity contribution < 1.29 is 31.1 Å². The molecule has 0 spiro atoms. The number of sulfonamides is 1. The molecule has 9 heteroatoms. The maximum absolute atomic E-state index is 13.3. The number of benzene rings is 2. The van der Waals surface area contributed by atoms with E-state index in [9.17, 15) is 26.4 Å². The van der Waals surface area contributed by atoms with Crippen LogP contribution in [-0.2, 0) is 38.7 Å². The van der Waals surface area contributed by atoms with Crippen LogP contribution >= 0.6 is 0 Å². The normalized spacial score (nSPS) is 18.0. The molecule has 27 heavy (non-hydrogen) atoms. The molecule has 1 heterocycles. The lowest BCUT2D eigenvalue weighted by Crippen LogP contribution is -2.49. The minimum absolute atomic E-state index is 0.0241. The molecule has 0 amide bonds. The van der Waals surface area contributed by atoms with Crippen LogP contribution < -0.4 is 0 Å². The van der Waals surface area contributed by atoms with Gasteiger partial charge in [0.15, 0.2) is 0 Å². The maximum Gasteiger partial charge on any atom is 0.417 e. The first-order chi connectivity index (χ1) is 12.7. The average molecular weight is 399 g/mol. The first-order valence-corrected chi connectivity index (χ1v) is 9.43. The van der Waals surface area contributed by atoms with Gasteiger partial charge in [0.25, 0.3) is 0 Å². The number of esters is 1. The summed E-state index contributed by atoms with van der Waals surface area (Å²) in [5.41, 5.74) is 0.113. The van der Waals surface area contributed by atoms with E-state index in [1.165, 1.54) is 6.07 Å². The van der Waals surface area contributed by atoms with Gasteiger partial charge in [-0.15, -0.1) is 0 Å². The number of carbonyl (C=O) groups excluding carboxylic acids is 1. The van der Waals surface area contributed by atoms with Crippen molar-refractivity contribution in [3.63, 3.8) is 0 Å². The van der Waals surface area contributed by atoms with Crippen LogP contribution in [0.5, 0.6) is 0 Å². The molecule has 0 saturated heterocycles. The van der Waals surface area contributed by atoms with E-state index in [0.29, 0.717) is 11.6 Å². The van der Waals surface area contributed by atoms with Gasteiger partial charge >= 0.3 is 12.1 Å². The van der Waals surface area contributed by atoms with Gasteiger partial charge in [-0.1, -0.05) is 36.4 Å². The van der Waals surface area contributed by atoms with Crippen molar-refractivity contribution in [2.75, 3.05) is 7.11 Å². The van der Waals surface area contributed by atoms with Crippen molar-refractivity contribution >= 4 is 16.0 Å². The second-order valence-corrected chi connectivity index (χ2v) is 7.91. The van der Waals surface area contributed by atoms with E-state index in [1.807, 2.05) is 0 Å². The minimum atomic E-state index is -4.85. The zero-order chi connectivity index (χ0) is 19.8. The van der Waals surface area contributed by atoms with Gasteiger partial charge in [-0.3, -0.25) is 4.79 Å². The molecule has 0 saturated carbocycles. The van der Waals surface area contributed by atoms with E-state index < -0.39 is 38.7 Å². The number of fused-ring (bicyclic) bond motifs is 1. The number of halogens is 3. The monoisotopic (exact) mass is 399 g/mol. The average Bonchev–Trinajstić information content (AvgIpc) is 2.65. The number of rotatable bonds is 3. The van der Waals surface area contributed by atoms with E-state index in [0.717, 1.165) is 29.1 Å². The first-order valence-electron chi connectivity index (χ1n) is 7.99. The summed E-state index contributed by atoms with van der Waals surface area (Å²) in [7, 11) is -3.50. The summed E-state index contributed by atoms with van der Waals surface area (Å²) in [6, 6.07) is 9.57. The molecular formula is C18H16F3NO4S. The molecule has 0 aromatic heterocycles. The quantitative estimate of drug-likeness (QED) is 0.745. The third-order valence-corrected chi connectivity index (χ3v) is 6.37. The van der Waals surface area contributed by atoms with Crippen LogP contribution in [0.1, 0.15) is 16.7 Å². The smallest absolute Gasteiger partial charge is 0.417 e. The largest absolute Gasteiger partial charge is 0.468 e. The van der Waals surface area contributed by atoms with Crippen LogP contribution in [0, 0.1) is 0 Å². The molecule has 3 rings (SSSR count). The zero-order valence-electron chi connectivity index (χ0n) is 14.2. The SMILES string of the molecule is COC(=O)[C@H]1Cc2ccccc2CN1S(=O)(=O)c1ccccc1C(F)(F)F. The molecule has 144 valence electrons. The Bertz CT molecular complexity index is 973. The number of hydrogen-bond donors (Lipinski definition) is 0. The Morgan fingerprint density at radius 1 is 1.07 bits per heavy atom. The molecule has 1 atom stereocenters. The molecule has 2 aromatic rings. The van der Waals surface area contributed by atoms with E-state index in [4.69, 9.17) is 4.74 Å². The van der Waals surface area contributed by atoms with Gasteiger partial charge in [0.05, 0.1) is 17.6 Å². The third-order valence-electron chi connectivity index (χ3n) is 4.46. The molecule has 0 unspecified atom stereocenters. The van der Waals surface area contributed by atoms with E-state index in [2.05, 4.69) is 0 Å². The summed E-state index contributed by atoms with van der Waals surface area (Å²) in [5, 5.41) is 0. The van der Waals surface area contributed by atoms with Crippen molar-refractivity contribution in [1.29, 1.82) is 0 Å². The minimum Gasteiger partial charge on any atom is -0.468 e. The molecule has 0 aliphatic carbocycles. The number of alkyl halides is 3.